The predicted molar refractivity (Wildman–Crippen MR) is 95.2 cm³/mol. The Labute approximate surface area is 135 Å². The molecule has 0 aliphatic rings. The van der Waals surface area contributed by atoms with Gasteiger partial charge in [-0.15, -0.1) is 0 Å². The third-order valence-corrected chi connectivity index (χ3v) is 4.69. The van der Waals surface area contributed by atoms with Crippen LogP contribution >= 0.6 is 0 Å². The van der Waals surface area contributed by atoms with Gasteiger partial charge in [-0.25, -0.2) is 0 Å². The monoisotopic (exact) mass is 301 g/mol. The Morgan fingerprint density at radius 3 is 2.45 bits per heavy atom. The third-order valence-electron chi connectivity index (χ3n) is 4.69. The van der Waals surface area contributed by atoms with Crippen LogP contribution in [0.15, 0.2) is 24.3 Å². The average molecular weight is 301 g/mol. The molecule has 0 spiro atoms. The molecule has 1 atom stereocenters. The van der Waals surface area contributed by atoms with Crippen molar-refractivity contribution in [1.29, 1.82) is 0 Å². The number of aromatic nitrogens is 1. The Morgan fingerprint density at radius 1 is 1.00 bits per heavy atom. The second kappa shape index (κ2) is 8.38. The van der Waals surface area contributed by atoms with Gasteiger partial charge in [0, 0.05) is 18.0 Å². The molecule has 1 heterocycles. The summed E-state index contributed by atoms with van der Waals surface area (Å²) in [7, 11) is 2.10. The third kappa shape index (κ3) is 3.73. The molecule has 2 heteroatoms. The first-order chi connectivity index (χ1) is 10.7. The lowest BCUT2D eigenvalue weighted by Gasteiger charge is -2.15. The summed E-state index contributed by atoms with van der Waals surface area (Å²) in [5, 5.41) is 12.0. The SMILES string of the molecule is CCCCCCc1c(C(O)CCCC)n(C)c2ccccc12. The van der Waals surface area contributed by atoms with Crippen molar-refractivity contribution >= 4 is 10.9 Å². The lowest BCUT2D eigenvalue weighted by Crippen LogP contribution is -2.07. The van der Waals surface area contributed by atoms with Gasteiger partial charge < -0.3 is 9.67 Å². The van der Waals surface area contributed by atoms with E-state index in [9.17, 15) is 5.11 Å². The first-order valence-corrected chi connectivity index (χ1v) is 8.94. The maximum Gasteiger partial charge on any atom is 0.0942 e. The summed E-state index contributed by atoms with van der Waals surface area (Å²) in [6.07, 6.45) is 8.89. The molecule has 22 heavy (non-hydrogen) atoms. The first-order valence-electron chi connectivity index (χ1n) is 8.94. The van der Waals surface area contributed by atoms with Crippen molar-refractivity contribution in [2.75, 3.05) is 0 Å². The van der Waals surface area contributed by atoms with Crippen LogP contribution in [0.2, 0.25) is 0 Å². The highest BCUT2D eigenvalue weighted by atomic mass is 16.3. The van der Waals surface area contributed by atoms with E-state index in [1.54, 1.807) is 0 Å². The summed E-state index contributed by atoms with van der Waals surface area (Å²) in [4.78, 5) is 0. The summed E-state index contributed by atoms with van der Waals surface area (Å²) < 4.78 is 2.21. The van der Waals surface area contributed by atoms with E-state index >= 15 is 0 Å². The minimum atomic E-state index is -0.335. The second-order valence-electron chi connectivity index (χ2n) is 6.41. The molecule has 0 amide bonds. The van der Waals surface area contributed by atoms with Crippen LogP contribution in [0.25, 0.3) is 10.9 Å². The molecule has 1 N–H and O–H groups in total. The highest BCUT2D eigenvalue weighted by Gasteiger charge is 2.20. The number of fused-ring (bicyclic) bond motifs is 1. The highest BCUT2D eigenvalue weighted by molar-refractivity contribution is 5.85. The number of hydrogen-bond acceptors (Lipinski definition) is 1. The van der Waals surface area contributed by atoms with Gasteiger partial charge in [-0.2, -0.15) is 0 Å². The van der Waals surface area contributed by atoms with Crippen molar-refractivity contribution in [2.45, 2.75) is 71.3 Å². The largest absolute Gasteiger partial charge is 0.387 e. The number of aliphatic hydroxyl groups is 1. The molecule has 0 saturated heterocycles. The van der Waals surface area contributed by atoms with Crippen LogP contribution in [0.3, 0.4) is 0 Å². The molecule has 0 saturated carbocycles. The van der Waals surface area contributed by atoms with E-state index in [0.29, 0.717) is 0 Å². The Hall–Kier alpha value is -1.28. The van der Waals surface area contributed by atoms with E-state index in [0.717, 1.165) is 31.4 Å². The van der Waals surface area contributed by atoms with Gasteiger partial charge in [0.1, 0.15) is 0 Å². The van der Waals surface area contributed by atoms with E-state index in [-0.39, 0.29) is 6.10 Å². The Balaban J connectivity index is 2.32. The van der Waals surface area contributed by atoms with Crippen LogP contribution in [0.4, 0.5) is 0 Å². The Kier molecular flexibility index (Phi) is 6.50. The maximum absolute atomic E-state index is 10.7. The molecule has 2 nitrogen and oxygen atoms in total. The molecule has 0 fully saturated rings. The van der Waals surface area contributed by atoms with E-state index in [1.165, 1.54) is 42.1 Å². The van der Waals surface area contributed by atoms with Crippen LogP contribution in [-0.2, 0) is 13.5 Å². The molecule has 0 radical (unpaired) electrons. The quantitative estimate of drug-likeness (QED) is 0.606. The number of hydrogen-bond donors (Lipinski definition) is 1. The van der Waals surface area contributed by atoms with Crippen molar-refractivity contribution in [3.63, 3.8) is 0 Å². The highest BCUT2D eigenvalue weighted by Crippen LogP contribution is 2.33. The predicted octanol–water partition coefficient (Wildman–Crippen LogP) is 5.52. The van der Waals surface area contributed by atoms with Gasteiger partial charge in [0.05, 0.1) is 11.8 Å². The molecule has 2 rings (SSSR count). The van der Waals surface area contributed by atoms with Crippen LogP contribution in [0, 0.1) is 0 Å². The zero-order valence-corrected chi connectivity index (χ0v) is 14.4. The standard InChI is InChI=1S/C20H31NO/c1-4-6-8-9-13-17-16-12-10-11-14-18(16)21(3)20(17)19(22)15-7-5-2/h10-12,14,19,22H,4-9,13,15H2,1-3H3. The molecule has 0 aliphatic heterocycles. The van der Waals surface area contributed by atoms with E-state index < -0.39 is 0 Å². The lowest BCUT2D eigenvalue weighted by molar-refractivity contribution is 0.155. The fourth-order valence-corrected chi connectivity index (χ4v) is 3.44. The Bertz CT molecular complexity index is 585. The summed E-state index contributed by atoms with van der Waals surface area (Å²) >= 11 is 0. The Morgan fingerprint density at radius 2 is 1.73 bits per heavy atom. The zero-order chi connectivity index (χ0) is 15.9. The number of aryl methyl sites for hydroxylation is 2. The molecule has 0 aliphatic carbocycles. The average Bonchev–Trinajstić information content (AvgIpc) is 2.82. The number of nitrogens with zero attached hydrogens (tertiary/aromatic N) is 1. The molecule has 122 valence electrons. The van der Waals surface area contributed by atoms with Gasteiger partial charge in [0.15, 0.2) is 0 Å². The molecule has 1 aromatic heterocycles. The molecular formula is C20H31NO. The van der Waals surface area contributed by atoms with Crippen molar-refractivity contribution in [2.24, 2.45) is 7.05 Å². The summed E-state index contributed by atoms with van der Waals surface area (Å²) in [6.45, 7) is 4.43. The fraction of sp³-hybridized carbons (Fsp3) is 0.600. The van der Waals surface area contributed by atoms with Gasteiger partial charge in [-0.05, 0) is 30.9 Å². The number of para-hydroxylation sites is 1. The number of unbranched alkanes of at least 4 members (excludes halogenated alkanes) is 4. The lowest BCUT2D eigenvalue weighted by atomic mass is 9.99. The van der Waals surface area contributed by atoms with Crippen LogP contribution in [0.1, 0.15) is 76.2 Å². The number of benzene rings is 1. The molecule has 1 unspecified atom stereocenters. The number of rotatable bonds is 9. The second-order valence-corrected chi connectivity index (χ2v) is 6.41. The van der Waals surface area contributed by atoms with Gasteiger partial charge in [0.2, 0.25) is 0 Å². The van der Waals surface area contributed by atoms with Crippen molar-refractivity contribution < 1.29 is 5.11 Å². The van der Waals surface area contributed by atoms with Gasteiger partial charge in [-0.1, -0.05) is 64.2 Å². The smallest absolute Gasteiger partial charge is 0.0942 e. The normalized spacial score (nSPS) is 12.9. The van der Waals surface area contributed by atoms with Crippen molar-refractivity contribution in [1.82, 2.24) is 4.57 Å². The molecule has 0 bridgehead atoms. The van der Waals surface area contributed by atoms with Crippen molar-refractivity contribution in [3.05, 3.63) is 35.5 Å². The first kappa shape index (κ1) is 17.1. The maximum atomic E-state index is 10.7. The molecular weight excluding hydrogens is 270 g/mol. The van der Waals surface area contributed by atoms with E-state index in [4.69, 9.17) is 0 Å². The van der Waals surface area contributed by atoms with Crippen LogP contribution < -0.4 is 0 Å². The van der Waals surface area contributed by atoms with Crippen molar-refractivity contribution in [3.8, 4) is 0 Å². The zero-order valence-electron chi connectivity index (χ0n) is 14.4. The molecule has 2 aromatic rings. The summed E-state index contributed by atoms with van der Waals surface area (Å²) in [6, 6.07) is 8.58. The number of aliphatic hydroxyl groups excluding tert-OH is 1. The van der Waals surface area contributed by atoms with E-state index in [2.05, 4.69) is 49.7 Å². The topological polar surface area (TPSA) is 25.2 Å². The summed E-state index contributed by atoms with van der Waals surface area (Å²) in [5.74, 6) is 0. The minimum Gasteiger partial charge on any atom is -0.387 e. The van der Waals surface area contributed by atoms with Crippen LogP contribution in [0.5, 0.6) is 0 Å². The molecule has 1 aromatic carbocycles. The fourth-order valence-electron chi connectivity index (χ4n) is 3.44. The van der Waals surface area contributed by atoms with Gasteiger partial charge in [-0.3, -0.25) is 0 Å². The van der Waals surface area contributed by atoms with Gasteiger partial charge in [0.25, 0.3) is 0 Å². The van der Waals surface area contributed by atoms with E-state index in [1.807, 2.05) is 0 Å². The van der Waals surface area contributed by atoms with Crippen LogP contribution in [-0.4, -0.2) is 9.67 Å². The van der Waals surface area contributed by atoms with Gasteiger partial charge >= 0.3 is 0 Å². The minimum absolute atomic E-state index is 0.335. The summed E-state index contributed by atoms with van der Waals surface area (Å²) in [5.41, 5.74) is 3.77.